The average Bonchev–Trinajstić information content (AvgIpc) is 2.77. The van der Waals surface area contributed by atoms with Crippen LogP contribution in [0.2, 0.25) is 0 Å². The first-order chi connectivity index (χ1) is 6.33. The third kappa shape index (κ3) is 1.19. The van der Waals surface area contributed by atoms with Crippen LogP contribution in [0.15, 0.2) is 0 Å². The Morgan fingerprint density at radius 2 is 1.50 bits per heavy atom. The molecule has 0 aromatic rings. The van der Waals surface area contributed by atoms with Crippen LogP contribution >= 0.6 is 0 Å². The summed E-state index contributed by atoms with van der Waals surface area (Å²) in [6.45, 7) is 15.2. The highest BCUT2D eigenvalue weighted by molar-refractivity contribution is 6.52. The molecule has 0 amide bonds. The molecule has 0 spiro atoms. The summed E-state index contributed by atoms with van der Waals surface area (Å²) in [7, 11) is -0.329. The zero-order valence-corrected chi connectivity index (χ0v) is 9.26. The highest BCUT2D eigenvalue weighted by Gasteiger charge is 2.70. The van der Waals surface area contributed by atoms with Crippen molar-refractivity contribution in [3.63, 3.8) is 0 Å². The van der Waals surface area contributed by atoms with Gasteiger partial charge >= 0.3 is 7.12 Å². The van der Waals surface area contributed by atoms with E-state index in [0.717, 1.165) is 12.8 Å². The third-order valence-electron chi connectivity index (χ3n) is 3.68. The molecule has 76 valence electrons. The largest absolute Gasteiger partial charge is 0.555 e. The van der Waals surface area contributed by atoms with Gasteiger partial charge in [-0.1, -0.05) is 0 Å². The Hall–Kier alpha value is -0.525. The van der Waals surface area contributed by atoms with Crippen molar-refractivity contribution in [2.45, 2.75) is 57.2 Å². The Kier molecular flexibility index (Phi) is 1.81. The molecule has 0 N–H and O–H groups in total. The lowest BCUT2D eigenvalue weighted by atomic mass is 9.75. The van der Waals surface area contributed by atoms with Crippen LogP contribution in [0.25, 0.3) is 4.85 Å². The molecule has 1 saturated carbocycles. The summed E-state index contributed by atoms with van der Waals surface area (Å²) >= 11 is 0. The van der Waals surface area contributed by atoms with E-state index in [0.29, 0.717) is 0 Å². The number of hydrogen-bond acceptors (Lipinski definition) is 2. The maximum atomic E-state index is 7.16. The fourth-order valence-corrected chi connectivity index (χ4v) is 1.59. The summed E-state index contributed by atoms with van der Waals surface area (Å²) in [5, 5.41) is 0. The first-order valence-electron chi connectivity index (χ1n) is 5.07. The summed E-state index contributed by atoms with van der Waals surface area (Å²) in [6.07, 6.45) is 1.82. The molecular formula is C10H16BNO2. The molecule has 0 atom stereocenters. The van der Waals surface area contributed by atoms with E-state index in [1.807, 2.05) is 27.7 Å². The van der Waals surface area contributed by atoms with E-state index < -0.39 is 0 Å². The molecule has 0 aromatic heterocycles. The van der Waals surface area contributed by atoms with Gasteiger partial charge in [0.25, 0.3) is 5.44 Å². The fraction of sp³-hybridized carbons (Fsp3) is 0.900. The Morgan fingerprint density at radius 3 is 1.79 bits per heavy atom. The van der Waals surface area contributed by atoms with Crippen molar-refractivity contribution in [1.82, 2.24) is 0 Å². The van der Waals surface area contributed by atoms with Crippen LogP contribution < -0.4 is 0 Å². The summed E-state index contributed by atoms with van der Waals surface area (Å²) in [5.74, 6) is 0. The smallest absolute Gasteiger partial charge is 0.398 e. The molecule has 2 aliphatic rings. The van der Waals surface area contributed by atoms with Crippen molar-refractivity contribution >= 4 is 7.12 Å². The predicted octanol–water partition coefficient (Wildman–Crippen LogP) is 2.07. The first-order valence-corrected chi connectivity index (χ1v) is 5.07. The van der Waals surface area contributed by atoms with Crippen LogP contribution in [-0.4, -0.2) is 23.8 Å². The number of nitrogens with zero attached hydrogens (tertiary/aromatic N) is 1. The maximum Gasteiger partial charge on any atom is 0.555 e. The lowest BCUT2D eigenvalue weighted by Gasteiger charge is -2.32. The minimum atomic E-state index is -0.370. The zero-order valence-electron chi connectivity index (χ0n) is 9.26. The second-order valence-electron chi connectivity index (χ2n) is 5.30. The number of rotatable bonds is 1. The van der Waals surface area contributed by atoms with Crippen molar-refractivity contribution in [1.29, 1.82) is 0 Å². The Balaban J connectivity index is 2.19. The van der Waals surface area contributed by atoms with E-state index in [4.69, 9.17) is 15.9 Å². The molecule has 14 heavy (non-hydrogen) atoms. The first kappa shape index (κ1) is 10.0. The standard InChI is InChI=1S/C10H16BNO2/c1-8(2)9(3,4)14-11(13-8)10(12-5)6-7-10/h6-7H2,1-4H3. The van der Waals surface area contributed by atoms with Gasteiger partial charge in [-0.15, -0.1) is 0 Å². The molecule has 0 radical (unpaired) electrons. The van der Waals surface area contributed by atoms with E-state index in [1.165, 1.54) is 0 Å². The second-order valence-corrected chi connectivity index (χ2v) is 5.30. The Labute approximate surface area is 85.7 Å². The fourth-order valence-electron chi connectivity index (χ4n) is 1.59. The van der Waals surface area contributed by atoms with Crippen LogP contribution in [-0.2, 0) is 9.31 Å². The van der Waals surface area contributed by atoms with Gasteiger partial charge in [-0.2, -0.15) is 0 Å². The van der Waals surface area contributed by atoms with E-state index in [2.05, 4.69) is 4.85 Å². The highest BCUT2D eigenvalue weighted by Crippen LogP contribution is 2.49. The van der Waals surface area contributed by atoms with Crippen molar-refractivity contribution in [3.8, 4) is 0 Å². The van der Waals surface area contributed by atoms with Gasteiger partial charge in [-0.3, -0.25) is 0 Å². The van der Waals surface area contributed by atoms with Crippen molar-refractivity contribution in [2.24, 2.45) is 0 Å². The number of hydrogen-bond donors (Lipinski definition) is 0. The molecule has 1 aliphatic carbocycles. The molecule has 1 saturated heterocycles. The second kappa shape index (κ2) is 2.53. The molecule has 1 aliphatic heterocycles. The normalized spacial score (nSPS) is 31.2. The Bertz CT molecular complexity index is 286. The van der Waals surface area contributed by atoms with Crippen LogP contribution in [0.5, 0.6) is 0 Å². The van der Waals surface area contributed by atoms with E-state index in [-0.39, 0.29) is 23.8 Å². The topological polar surface area (TPSA) is 22.8 Å². The van der Waals surface area contributed by atoms with Gasteiger partial charge in [0, 0.05) is 12.8 Å². The SMILES string of the molecule is [C-]#[N+]C1(B2OC(C)(C)C(C)(C)O2)CC1. The van der Waals surface area contributed by atoms with Gasteiger partial charge in [0.1, 0.15) is 0 Å². The minimum absolute atomic E-state index is 0.308. The van der Waals surface area contributed by atoms with Crippen molar-refractivity contribution in [2.75, 3.05) is 0 Å². The minimum Gasteiger partial charge on any atom is -0.398 e. The summed E-state index contributed by atoms with van der Waals surface area (Å²) in [5.41, 5.74) is -0.985. The van der Waals surface area contributed by atoms with Gasteiger partial charge in [0.05, 0.1) is 11.2 Å². The van der Waals surface area contributed by atoms with Crippen molar-refractivity contribution in [3.05, 3.63) is 11.4 Å². The van der Waals surface area contributed by atoms with E-state index >= 15 is 0 Å². The molecule has 2 rings (SSSR count). The van der Waals surface area contributed by atoms with Crippen molar-refractivity contribution < 1.29 is 9.31 Å². The zero-order chi connectivity index (χ0) is 10.6. The Morgan fingerprint density at radius 1 is 1.07 bits per heavy atom. The van der Waals surface area contributed by atoms with Gasteiger partial charge in [0.2, 0.25) is 0 Å². The molecule has 1 heterocycles. The summed E-state index contributed by atoms with van der Waals surface area (Å²) in [6, 6.07) is 0. The van der Waals surface area contributed by atoms with E-state index in [9.17, 15) is 0 Å². The lowest BCUT2D eigenvalue weighted by Crippen LogP contribution is -2.41. The van der Waals surface area contributed by atoms with Crippen LogP contribution in [0.3, 0.4) is 0 Å². The summed E-state index contributed by atoms with van der Waals surface area (Å²) in [4.78, 5) is 3.64. The maximum absolute atomic E-state index is 7.16. The predicted molar refractivity (Wildman–Crippen MR) is 54.6 cm³/mol. The molecule has 4 heteroatoms. The van der Waals surface area contributed by atoms with Gasteiger partial charge < -0.3 is 14.2 Å². The molecule has 0 unspecified atom stereocenters. The molecule has 0 aromatic carbocycles. The third-order valence-corrected chi connectivity index (χ3v) is 3.68. The van der Waals surface area contributed by atoms with Crippen LogP contribution in [0, 0.1) is 6.57 Å². The molecule has 0 bridgehead atoms. The average molecular weight is 193 g/mol. The monoisotopic (exact) mass is 193 g/mol. The molecule has 3 nitrogen and oxygen atoms in total. The molecular weight excluding hydrogens is 177 g/mol. The van der Waals surface area contributed by atoms with Gasteiger partial charge in [0.15, 0.2) is 0 Å². The van der Waals surface area contributed by atoms with E-state index in [1.54, 1.807) is 0 Å². The summed E-state index contributed by atoms with van der Waals surface area (Å²) < 4.78 is 11.7. The lowest BCUT2D eigenvalue weighted by molar-refractivity contribution is 0.00578. The van der Waals surface area contributed by atoms with Gasteiger partial charge in [-0.05, 0) is 27.7 Å². The van der Waals surface area contributed by atoms with Crippen LogP contribution in [0.1, 0.15) is 40.5 Å². The molecule has 2 fully saturated rings. The highest BCUT2D eigenvalue weighted by atomic mass is 16.7. The quantitative estimate of drug-likeness (QED) is 0.470. The van der Waals surface area contributed by atoms with Crippen LogP contribution in [0.4, 0.5) is 0 Å². The van der Waals surface area contributed by atoms with Gasteiger partial charge in [-0.25, -0.2) is 6.57 Å².